The van der Waals surface area contributed by atoms with Crippen LogP contribution < -0.4 is 0 Å². The van der Waals surface area contributed by atoms with Gasteiger partial charge in [-0.05, 0) is 64.2 Å². The molecular formula is C40H78O3. The largest absolute Gasteiger partial charge is 0.481 e. The first-order chi connectivity index (χ1) is 21.2. The van der Waals surface area contributed by atoms with Gasteiger partial charge in [-0.3, -0.25) is 4.79 Å². The lowest BCUT2D eigenvalue weighted by Gasteiger charge is -2.01. The zero-order chi connectivity index (χ0) is 31.7. The molecule has 43 heavy (non-hydrogen) atoms. The van der Waals surface area contributed by atoms with Crippen molar-refractivity contribution in [3.8, 4) is 0 Å². The highest BCUT2D eigenvalue weighted by molar-refractivity contribution is 5.66. The molecule has 3 nitrogen and oxygen atoms in total. The average Bonchev–Trinajstić information content (AvgIpc) is 3.00. The highest BCUT2D eigenvalue weighted by atomic mass is 16.4. The molecule has 0 heterocycles. The Morgan fingerprint density at radius 3 is 0.930 bits per heavy atom. The van der Waals surface area contributed by atoms with Gasteiger partial charge < -0.3 is 10.2 Å². The summed E-state index contributed by atoms with van der Waals surface area (Å²) in [6.45, 7) is 4.91. The maximum atomic E-state index is 10.3. The van der Waals surface area contributed by atoms with E-state index in [1.54, 1.807) is 0 Å². The molecule has 0 saturated carbocycles. The summed E-state index contributed by atoms with van der Waals surface area (Å²) in [6.07, 6.45) is 50.4. The van der Waals surface area contributed by atoms with E-state index in [-0.39, 0.29) is 0 Å². The number of unbranched alkanes of at least 4 members (excludes halogenated alkanes) is 27. The summed E-state index contributed by atoms with van der Waals surface area (Å²) >= 11 is 0. The fraction of sp³-hybridized carbons (Fsp3) is 0.875. The van der Waals surface area contributed by atoms with Crippen LogP contribution in [0.5, 0.6) is 0 Å². The number of hydrogen-bond acceptors (Lipinski definition) is 2. The predicted octanol–water partition coefficient (Wildman–Crippen LogP) is 13.7. The fourth-order valence-corrected chi connectivity index (χ4v) is 5.41. The number of carboxylic acid groups (broad SMARTS) is 1. The highest BCUT2D eigenvalue weighted by Gasteiger charge is 1.96. The Morgan fingerprint density at radius 1 is 0.395 bits per heavy atom. The third-order valence-corrected chi connectivity index (χ3v) is 8.32. The van der Waals surface area contributed by atoms with E-state index in [1.165, 1.54) is 180 Å². The van der Waals surface area contributed by atoms with Crippen molar-refractivity contribution < 1.29 is 15.0 Å². The standard InChI is InChI=1S/C22H44O.C18H34O2/c1-2-3-4-5-6-7-8-9-10-11-12-13-14-15-16-17-18-19-20-21-22-23;1-2-3-4-5-6-7-8-9-10-11-12-13-14-15-16-17-18(19)20/h9-10,23H,2-8,11-22H2,1H3;9-10H,2-8,11-17H2,1H3,(H,19,20)/b2*10-9-. The van der Waals surface area contributed by atoms with Gasteiger partial charge in [0.15, 0.2) is 0 Å². The van der Waals surface area contributed by atoms with E-state index in [1.807, 2.05) is 0 Å². The van der Waals surface area contributed by atoms with Crippen molar-refractivity contribution in [2.45, 2.75) is 219 Å². The van der Waals surface area contributed by atoms with Crippen LogP contribution in [-0.2, 0) is 4.79 Å². The predicted molar refractivity (Wildman–Crippen MR) is 192 cm³/mol. The summed E-state index contributed by atoms with van der Waals surface area (Å²) in [5.41, 5.74) is 0. The van der Waals surface area contributed by atoms with Crippen molar-refractivity contribution in [2.75, 3.05) is 6.61 Å². The molecule has 0 aliphatic heterocycles. The molecule has 0 rings (SSSR count). The van der Waals surface area contributed by atoms with E-state index in [0.29, 0.717) is 13.0 Å². The van der Waals surface area contributed by atoms with Gasteiger partial charge >= 0.3 is 5.97 Å². The molecule has 0 amide bonds. The number of rotatable bonds is 34. The van der Waals surface area contributed by atoms with Crippen LogP contribution in [0.3, 0.4) is 0 Å². The Balaban J connectivity index is 0. The highest BCUT2D eigenvalue weighted by Crippen LogP contribution is 2.13. The van der Waals surface area contributed by atoms with E-state index in [0.717, 1.165) is 19.3 Å². The zero-order valence-corrected chi connectivity index (χ0v) is 29.4. The van der Waals surface area contributed by atoms with Crippen molar-refractivity contribution in [1.82, 2.24) is 0 Å². The molecule has 0 fully saturated rings. The molecule has 0 aromatic rings. The van der Waals surface area contributed by atoms with Crippen LogP contribution in [0.1, 0.15) is 219 Å². The summed E-state index contributed by atoms with van der Waals surface area (Å²) < 4.78 is 0. The van der Waals surface area contributed by atoms with Gasteiger partial charge in [0.1, 0.15) is 0 Å². The van der Waals surface area contributed by atoms with E-state index in [2.05, 4.69) is 38.2 Å². The van der Waals surface area contributed by atoms with Crippen LogP contribution in [0.15, 0.2) is 24.3 Å². The van der Waals surface area contributed by atoms with Gasteiger partial charge in [-0.15, -0.1) is 0 Å². The zero-order valence-electron chi connectivity index (χ0n) is 29.4. The van der Waals surface area contributed by atoms with Gasteiger partial charge in [0.05, 0.1) is 0 Å². The lowest BCUT2D eigenvalue weighted by atomic mass is 10.1. The quantitative estimate of drug-likeness (QED) is 0.0566. The minimum absolute atomic E-state index is 0.332. The number of aliphatic hydroxyl groups is 1. The van der Waals surface area contributed by atoms with E-state index in [4.69, 9.17) is 10.2 Å². The van der Waals surface area contributed by atoms with Crippen molar-refractivity contribution in [3.05, 3.63) is 24.3 Å². The third-order valence-electron chi connectivity index (χ3n) is 8.32. The van der Waals surface area contributed by atoms with Gasteiger partial charge in [-0.25, -0.2) is 0 Å². The second-order valence-corrected chi connectivity index (χ2v) is 12.8. The summed E-state index contributed by atoms with van der Waals surface area (Å²) in [7, 11) is 0. The third kappa shape index (κ3) is 48.0. The fourth-order valence-electron chi connectivity index (χ4n) is 5.41. The summed E-state index contributed by atoms with van der Waals surface area (Å²) in [4.78, 5) is 10.3. The normalized spacial score (nSPS) is 11.4. The maximum Gasteiger partial charge on any atom is 0.303 e. The molecule has 0 aromatic heterocycles. The molecule has 3 heteroatoms. The Bertz CT molecular complexity index is 554. The van der Waals surface area contributed by atoms with Crippen LogP contribution >= 0.6 is 0 Å². The van der Waals surface area contributed by atoms with Crippen LogP contribution in [0.4, 0.5) is 0 Å². The maximum absolute atomic E-state index is 10.3. The minimum Gasteiger partial charge on any atom is -0.481 e. The monoisotopic (exact) mass is 607 g/mol. The molecule has 0 aliphatic carbocycles. The van der Waals surface area contributed by atoms with Crippen molar-refractivity contribution >= 4 is 5.97 Å². The molecule has 0 bridgehead atoms. The van der Waals surface area contributed by atoms with Gasteiger partial charge in [0.25, 0.3) is 0 Å². The number of carbonyl (C=O) groups is 1. The first-order valence-electron chi connectivity index (χ1n) is 19.3. The van der Waals surface area contributed by atoms with Gasteiger partial charge in [0, 0.05) is 13.0 Å². The first kappa shape index (κ1) is 44.0. The van der Waals surface area contributed by atoms with Crippen LogP contribution in [-0.4, -0.2) is 22.8 Å². The number of allylic oxidation sites excluding steroid dienone is 4. The average molecular weight is 607 g/mol. The number of hydrogen-bond donors (Lipinski definition) is 2. The van der Waals surface area contributed by atoms with Crippen LogP contribution in [0.2, 0.25) is 0 Å². The molecule has 0 spiro atoms. The lowest BCUT2D eigenvalue weighted by Crippen LogP contribution is -1.93. The van der Waals surface area contributed by atoms with E-state index in [9.17, 15) is 4.79 Å². The molecule has 2 N–H and O–H groups in total. The summed E-state index contributed by atoms with van der Waals surface area (Å²) in [5, 5.41) is 17.2. The smallest absolute Gasteiger partial charge is 0.303 e. The topological polar surface area (TPSA) is 57.5 Å². The molecule has 256 valence electrons. The molecular weight excluding hydrogens is 528 g/mol. The molecule has 0 aliphatic rings. The van der Waals surface area contributed by atoms with Crippen LogP contribution in [0.25, 0.3) is 0 Å². The summed E-state index contributed by atoms with van der Waals surface area (Å²) in [6, 6.07) is 0. The van der Waals surface area contributed by atoms with Crippen LogP contribution in [0, 0.1) is 0 Å². The number of aliphatic carboxylic acids is 1. The van der Waals surface area contributed by atoms with E-state index < -0.39 is 5.97 Å². The second-order valence-electron chi connectivity index (χ2n) is 12.8. The Kier molecular flexibility index (Phi) is 44.1. The van der Waals surface area contributed by atoms with E-state index >= 15 is 0 Å². The number of carboxylic acids is 1. The SMILES string of the molecule is CCCCCCCC/C=C\CCCCCCCC(=O)O.CCCCCCCC/C=C\CCCCCCCCCCCCO. The Labute approximate surface area is 270 Å². The molecule has 0 atom stereocenters. The van der Waals surface area contributed by atoms with Crippen molar-refractivity contribution in [2.24, 2.45) is 0 Å². The second kappa shape index (κ2) is 43.0. The number of aliphatic hydroxyl groups excluding tert-OH is 1. The molecule has 0 radical (unpaired) electrons. The van der Waals surface area contributed by atoms with Gasteiger partial charge in [0.2, 0.25) is 0 Å². The van der Waals surface area contributed by atoms with Crippen molar-refractivity contribution in [1.29, 1.82) is 0 Å². The summed E-state index contributed by atoms with van der Waals surface area (Å²) in [5.74, 6) is -0.664. The van der Waals surface area contributed by atoms with Gasteiger partial charge in [-0.2, -0.15) is 0 Å². The van der Waals surface area contributed by atoms with Gasteiger partial charge in [-0.1, -0.05) is 173 Å². The first-order valence-corrected chi connectivity index (χ1v) is 19.3. The molecule has 0 unspecified atom stereocenters. The minimum atomic E-state index is -0.664. The Hall–Kier alpha value is -1.09. The molecule has 0 saturated heterocycles. The Morgan fingerprint density at radius 2 is 0.651 bits per heavy atom. The lowest BCUT2D eigenvalue weighted by molar-refractivity contribution is -0.137. The van der Waals surface area contributed by atoms with Crippen molar-refractivity contribution in [3.63, 3.8) is 0 Å². The molecule has 0 aromatic carbocycles.